The summed E-state index contributed by atoms with van der Waals surface area (Å²) < 4.78 is 11.0. The Morgan fingerprint density at radius 1 is 1.50 bits per heavy atom. The van der Waals surface area contributed by atoms with Gasteiger partial charge in [-0.05, 0) is 32.2 Å². The predicted molar refractivity (Wildman–Crippen MR) is 74.7 cm³/mol. The van der Waals surface area contributed by atoms with Gasteiger partial charge < -0.3 is 15.2 Å². The summed E-state index contributed by atoms with van der Waals surface area (Å²) in [6.45, 7) is 7.84. The molecule has 0 aromatic heterocycles. The van der Waals surface area contributed by atoms with Gasteiger partial charge in [0.05, 0.1) is 6.10 Å². The minimum absolute atomic E-state index is 0.112. The molecule has 2 unspecified atom stereocenters. The van der Waals surface area contributed by atoms with Crippen LogP contribution in [0.25, 0.3) is 0 Å². The molecular weight excluding hydrogens is 228 g/mol. The molecule has 0 radical (unpaired) electrons. The third-order valence-corrected chi connectivity index (χ3v) is 4.26. The predicted octanol–water partition coefficient (Wildman–Crippen LogP) is 1.49. The van der Waals surface area contributed by atoms with E-state index < -0.39 is 0 Å². The van der Waals surface area contributed by atoms with Crippen LogP contribution in [-0.2, 0) is 9.47 Å². The largest absolute Gasteiger partial charge is 0.385 e. The Morgan fingerprint density at radius 2 is 2.22 bits per heavy atom. The van der Waals surface area contributed by atoms with Gasteiger partial charge in [-0.15, -0.1) is 0 Å². The van der Waals surface area contributed by atoms with E-state index in [1.807, 2.05) is 0 Å². The van der Waals surface area contributed by atoms with Gasteiger partial charge in [0.1, 0.15) is 0 Å². The molecule has 1 saturated heterocycles. The Morgan fingerprint density at radius 3 is 2.78 bits per heavy atom. The molecule has 0 amide bonds. The molecule has 0 spiro atoms. The molecule has 1 fully saturated rings. The van der Waals surface area contributed by atoms with Gasteiger partial charge in [-0.3, -0.25) is 4.90 Å². The molecular formula is C14H30N2O2. The molecule has 18 heavy (non-hydrogen) atoms. The van der Waals surface area contributed by atoms with Gasteiger partial charge in [-0.25, -0.2) is 0 Å². The van der Waals surface area contributed by atoms with E-state index in [1.165, 1.54) is 0 Å². The van der Waals surface area contributed by atoms with Crippen LogP contribution in [0.3, 0.4) is 0 Å². The van der Waals surface area contributed by atoms with E-state index in [0.717, 1.165) is 39.0 Å². The Bertz CT molecular complexity index is 236. The van der Waals surface area contributed by atoms with E-state index in [-0.39, 0.29) is 5.54 Å². The van der Waals surface area contributed by atoms with E-state index in [1.54, 1.807) is 7.11 Å². The second kappa shape index (κ2) is 7.43. The van der Waals surface area contributed by atoms with Crippen LogP contribution in [0, 0.1) is 5.92 Å². The SMILES string of the molecule is COCCCN(C)C1(CN)CCOC(C(C)C)C1. The summed E-state index contributed by atoms with van der Waals surface area (Å²) in [5, 5.41) is 0. The molecule has 108 valence electrons. The zero-order valence-corrected chi connectivity index (χ0v) is 12.4. The molecule has 1 aliphatic heterocycles. The molecule has 2 N–H and O–H groups in total. The maximum absolute atomic E-state index is 6.08. The van der Waals surface area contributed by atoms with E-state index in [2.05, 4.69) is 25.8 Å². The van der Waals surface area contributed by atoms with Gasteiger partial charge in [-0.2, -0.15) is 0 Å². The van der Waals surface area contributed by atoms with Crippen molar-refractivity contribution in [2.45, 2.75) is 44.8 Å². The number of hydrogen-bond donors (Lipinski definition) is 1. The average Bonchev–Trinajstić information content (AvgIpc) is 2.38. The fraction of sp³-hybridized carbons (Fsp3) is 1.00. The van der Waals surface area contributed by atoms with Crippen LogP contribution in [0.5, 0.6) is 0 Å². The molecule has 0 aromatic rings. The van der Waals surface area contributed by atoms with Crippen molar-refractivity contribution >= 4 is 0 Å². The third kappa shape index (κ3) is 3.92. The first-order chi connectivity index (χ1) is 8.55. The first-order valence-corrected chi connectivity index (χ1v) is 7.07. The molecule has 0 aliphatic carbocycles. The number of hydrogen-bond acceptors (Lipinski definition) is 4. The third-order valence-electron chi connectivity index (χ3n) is 4.26. The van der Waals surface area contributed by atoms with Crippen molar-refractivity contribution in [3.05, 3.63) is 0 Å². The highest BCUT2D eigenvalue weighted by Gasteiger charge is 2.39. The Balaban J connectivity index is 2.59. The number of rotatable bonds is 7. The van der Waals surface area contributed by atoms with Crippen molar-refractivity contribution in [3.63, 3.8) is 0 Å². The lowest BCUT2D eigenvalue weighted by Gasteiger charge is -2.47. The second-order valence-electron chi connectivity index (χ2n) is 5.80. The van der Waals surface area contributed by atoms with Gasteiger partial charge in [0.2, 0.25) is 0 Å². The van der Waals surface area contributed by atoms with Crippen molar-refractivity contribution in [3.8, 4) is 0 Å². The first-order valence-electron chi connectivity index (χ1n) is 7.07. The lowest BCUT2D eigenvalue weighted by atomic mass is 9.82. The van der Waals surface area contributed by atoms with Gasteiger partial charge >= 0.3 is 0 Å². The minimum atomic E-state index is 0.112. The first kappa shape index (κ1) is 15.9. The van der Waals surface area contributed by atoms with Crippen LogP contribution in [0.15, 0.2) is 0 Å². The van der Waals surface area contributed by atoms with Crippen LogP contribution in [0.4, 0.5) is 0 Å². The number of nitrogens with zero attached hydrogens (tertiary/aromatic N) is 1. The van der Waals surface area contributed by atoms with Crippen molar-refractivity contribution in [2.75, 3.05) is 40.5 Å². The lowest BCUT2D eigenvalue weighted by Crippen LogP contribution is -2.58. The standard InChI is InChI=1S/C14H30N2O2/c1-12(2)13-10-14(11-15,6-9-18-13)16(3)7-5-8-17-4/h12-13H,5-11,15H2,1-4H3. The zero-order chi connectivity index (χ0) is 13.6. The summed E-state index contributed by atoms with van der Waals surface area (Å²) in [6.07, 6.45) is 3.48. The molecule has 0 saturated carbocycles. The van der Waals surface area contributed by atoms with Gasteiger partial charge in [0.15, 0.2) is 0 Å². The average molecular weight is 258 g/mol. The van der Waals surface area contributed by atoms with Crippen LogP contribution < -0.4 is 5.73 Å². The lowest BCUT2D eigenvalue weighted by molar-refractivity contribution is -0.0822. The number of methoxy groups -OCH3 is 1. The second-order valence-corrected chi connectivity index (χ2v) is 5.80. The van der Waals surface area contributed by atoms with Crippen LogP contribution in [0.1, 0.15) is 33.1 Å². The Hall–Kier alpha value is -0.160. The molecule has 2 atom stereocenters. The van der Waals surface area contributed by atoms with Crippen molar-refractivity contribution in [2.24, 2.45) is 11.7 Å². The molecule has 4 heteroatoms. The zero-order valence-electron chi connectivity index (χ0n) is 12.4. The molecule has 1 rings (SSSR count). The molecule has 0 aromatic carbocycles. The molecule has 1 heterocycles. The van der Waals surface area contributed by atoms with Crippen LogP contribution in [0.2, 0.25) is 0 Å². The van der Waals surface area contributed by atoms with Crippen LogP contribution in [-0.4, -0.2) is 57.0 Å². The fourth-order valence-electron chi connectivity index (χ4n) is 2.74. The highest BCUT2D eigenvalue weighted by molar-refractivity contribution is 4.95. The highest BCUT2D eigenvalue weighted by atomic mass is 16.5. The maximum Gasteiger partial charge on any atom is 0.0616 e. The molecule has 0 bridgehead atoms. The van der Waals surface area contributed by atoms with E-state index in [9.17, 15) is 0 Å². The van der Waals surface area contributed by atoms with Gasteiger partial charge in [0.25, 0.3) is 0 Å². The summed E-state index contributed by atoms with van der Waals surface area (Å²) in [5.74, 6) is 0.559. The summed E-state index contributed by atoms with van der Waals surface area (Å²) in [5.41, 5.74) is 6.19. The number of likely N-dealkylation sites (N-methyl/N-ethyl adjacent to an activating group) is 1. The van der Waals surface area contributed by atoms with E-state index in [0.29, 0.717) is 18.6 Å². The summed E-state index contributed by atoms with van der Waals surface area (Å²) >= 11 is 0. The van der Waals surface area contributed by atoms with E-state index in [4.69, 9.17) is 15.2 Å². The number of nitrogens with two attached hydrogens (primary N) is 1. The van der Waals surface area contributed by atoms with Gasteiger partial charge in [-0.1, -0.05) is 13.8 Å². The topological polar surface area (TPSA) is 47.7 Å². The Labute approximate surface area is 112 Å². The Kier molecular flexibility index (Phi) is 6.57. The smallest absolute Gasteiger partial charge is 0.0616 e. The molecule has 4 nitrogen and oxygen atoms in total. The molecule has 1 aliphatic rings. The monoisotopic (exact) mass is 258 g/mol. The minimum Gasteiger partial charge on any atom is -0.385 e. The highest BCUT2D eigenvalue weighted by Crippen LogP contribution is 2.32. The van der Waals surface area contributed by atoms with Crippen LogP contribution >= 0.6 is 0 Å². The fourth-order valence-corrected chi connectivity index (χ4v) is 2.74. The van der Waals surface area contributed by atoms with E-state index >= 15 is 0 Å². The van der Waals surface area contributed by atoms with Crippen molar-refractivity contribution in [1.29, 1.82) is 0 Å². The summed E-state index contributed by atoms with van der Waals surface area (Å²) in [6, 6.07) is 0. The van der Waals surface area contributed by atoms with Crippen molar-refractivity contribution < 1.29 is 9.47 Å². The summed E-state index contributed by atoms with van der Waals surface area (Å²) in [4.78, 5) is 2.42. The summed E-state index contributed by atoms with van der Waals surface area (Å²) in [7, 11) is 3.94. The van der Waals surface area contributed by atoms with Gasteiger partial charge in [0, 0.05) is 39.0 Å². The number of ether oxygens (including phenoxy) is 2. The van der Waals surface area contributed by atoms with Crippen molar-refractivity contribution in [1.82, 2.24) is 4.90 Å². The quantitative estimate of drug-likeness (QED) is 0.703. The normalized spacial score (nSPS) is 29.2. The maximum atomic E-state index is 6.08.